The first-order valence-corrected chi connectivity index (χ1v) is 9.24. The normalized spacial score (nSPS) is 12.7. The van der Waals surface area contributed by atoms with Gasteiger partial charge in [-0.15, -0.1) is 0 Å². The SMILES string of the molecule is CC(=O)Oc1cccc([N+](=O)[O-])c1CC(=O)N=S(C)(=O)c1ccccn1. The summed E-state index contributed by atoms with van der Waals surface area (Å²) in [6.45, 7) is 1.13. The minimum absolute atomic E-state index is 0.113. The second-order valence-corrected chi connectivity index (χ2v) is 7.44. The number of nitrogens with zero attached hydrogens (tertiary/aromatic N) is 3. The molecule has 2 aromatic rings. The molecule has 26 heavy (non-hydrogen) atoms. The van der Waals surface area contributed by atoms with Crippen molar-refractivity contribution in [2.45, 2.75) is 18.4 Å². The van der Waals surface area contributed by atoms with Gasteiger partial charge in [-0.05, 0) is 18.2 Å². The average molecular weight is 377 g/mol. The van der Waals surface area contributed by atoms with E-state index in [0.717, 1.165) is 6.92 Å². The zero-order valence-corrected chi connectivity index (χ0v) is 14.8. The number of hydrogen-bond acceptors (Lipinski definition) is 7. The molecule has 1 amide bonds. The van der Waals surface area contributed by atoms with Gasteiger partial charge < -0.3 is 4.74 Å². The lowest BCUT2D eigenvalue weighted by Crippen LogP contribution is -2.11. The van der Waals surface area contributed by atoms with Crippen molar-refractivity contribution in [1.29, 1.82) is 0 Å². The van der Waals surface area contributed by atoms with Crippen molar-refractivity contribution in [3.63, 3.8) is 0 Å². The second kappa shape index (κ2) is 7.83. The van der Waals surface area contributed by atoms with Crippen LogP contribution in [0.1, 0.15) is 12.5 Å². The summed E-state index contributed by atoms with van der Waals surface area (Å²) in [5.41, 5.74) is -0.509. The molecule has 0 saturated heterocycles. The summed E-state index contributed by atoms with van der Waals surface area (Å²) in [6.07, 6.45) is 2.12. The highest BCUT2D eigenvalue weighted by atomic mass is 32.2. The second-order valence-electron chi connectivity index (χ2n) is 5.24. The van der Waals surface area contributed by atoms with Crippen LogP contribution in [-0.2, 0) is 25.7 Å². The van der Waals surface area contributed by atoms with E-state index in [1.807, 2.05) is 0 Å². The first-order chi connectivity index (χ1) is 12.2. The molecule has 0 radical (unpaired) electrons. The van der Waals surface area contributed by atoms with Gasteiger partial charge in [-0.2, -0.15) is 4.36 Å². The van der Waals surface area contributed by atoms with E-state index in [4.69, 9.17) is 4.74 Å². The Kier molecular flexibility index (Phi) is 5.78. The van der Waals surface area contributed by atoms with E-state index in [-0.39, 0.29) is 16.3 Å². The Bertz CT molecular complexity index is 981. The van der Waals surface area contributed by atoms with Crippen molar-refractivity contribution in [3.05, 3.63) is 58.3 Å². The molecular formula is C16H15N3O6S. The van der Waals surface area contributed by atoms with Crippen molar-refractivity contribution < 1.29 is 23.5 Å². The number of benzene rings is 1. The van der Waals surface area contributed by atoms with Crippen molar-refractivity contribution in [2.75, 3.05) is 6.26 Å². The number of nitro benzene ring substituents is 1. The molecule has 2 rings (SSSR count). The molecule has 0 aliphatic carbocycles. The minimum atomic E-state index is -3.11. The number of nitro groups is 1. The number of esters is 1. The average Bonchev–Trinajstić information content (AvgIpc) is 2.56. The maximum absolute atomic E-state index is 12.6. The molecule has 9 nitrogen and oxygen atoms in total. The van der Waals surface area contributed by atoms with E-state index in [1.54, 1.807) is 12.1 Å². The van der Waals surface area contributed by atoms with Gasteiger partial charge in [0.1, 0.15) is 10.8 Å². The van der Waals surface area contributed by atoms with E-state index in [1.165, 1.54) is 36.7 Å². The van der Waals surface area contributed by atoms with E-state index in [0.29, 0.717) is 0 Å². The summed E-state index contributed by atoms with van der Waals surface area (Å²) in [4.78, 5) is 37.9. The molecule has 0 aliphatic rings. The predicted octanol–water partition coefficient (Wildman–Crippen LogP) is 2.14. The van der Waals surface area contributed by atoms with Crippen LogP contribution in [0, 0.1) is 10.1 Å². The highest BCUT2D eigenvalue weighted by molar-refractivity contribution is 7.93. The molecule has 1 atom stereocenters. The molecule has 0 bridgehead atoms. The topological polar surface area (TPSA) is 129 Å². The Morgan fingerprint density at radius 3 is 2.58 bits per heavy atom. The first kappa shape index (κ1) is 19.2. The van der Waals surface area contributed by atoms with Gasteiger partial charge in [-0.25, -0.2) is 9.19 Å². The molecule has 0 fully saturated rings. The molecule has 136 valence electrons. The number of amides is 1. The lowest BCUT2D eigenvalue weighted by Gasteiger charge is -2.08. The first-order valence-electron chi connectivity index (χ1n) is 7.31. The van der Waals surface area contributed by atoms with Gasteiger partial charge >= 0.3 is 5.97 Å². The van der Waals surface area contributed by atoms with Crippen LogP contribution < -0.4 is 4.74 Å². The maximum atomic E-state index is 12.6. The summed E-state index contributed by atoms with van der Waals surface area (Å²) < 4.78 is 21.2. The number of aromatic nitrogens is 1. The van der Waals surface area contributed by atoms with Crippen LogP contribution >= 0.6 is 0 Å². The molecular weight excluding hydrogens is 362 g/mol. The third-order valence-corrected chi connectivity index (χ3v) is 4.76. The number of hydrogen-bond donors (Lipinski definition) is 0. The highest BCUT2D eigenvalue weighted by Gasteiger charge is 2.23. The van der Waals surface area contributed by atoms with Gasteiger partial charge in [-0.1, -0.05) is 12.1 Å². The smallest absolute Gasteiger partial charge is 0.308 e. The van der Waals surface area contributed by atoms with Crippen LogP contribution in [0.25, 0.3) is 0 Å². The number of ether oxygens (including phenoxy) is 1. The van der Waals surface area contributed by atoms with Crippen LogP contribution in [0.2, 0.25) is 0 Å². The van der Waals surface area contributed by atoms with Crippen LogP contribution in [0.4, 0.5) is 5.69 Å². The molecule has 1 heterocycles. The summed E-state index contributed by atoms with van der Waals surface area (Å²) in [5.74, 6) is -1.66. The van der Waals surface area contributed by atoms with Crippen LogP contribution in [0.15, 0.2) is 52.0 Å². The summed E-state index contributed by atoms with van der Waals surface area (Å²) in [7, 11) is -3.11. The van der Waals surface area contributed by atoms with Crippen LogP contribution in [-0.4, -0.2) is 32.2 Å². The number of carbonyl (C=O) groups is 2. The Morgan fingerprint density at radius 2 is 2.00 bits per heavy atom. The number of carbonyl (C=O) groups excluding carboxylic acids is 2. The highest BCUT2D eigenvalue weighted by Crippen LogP contribution is 2.29. The zero-order chi connectivity index (χ0) is 19.3. The third kappa shape index (κ3) is 4.70. The quantitative estimate of drug-likeness (QED) is 0.338. The summed E-state index contributed by atoms with van der Waals surface area (Å²) >= 11 is 0. The molecule has 1 aromatic carbocycles. The van der Waals surface area contributed by atoms with Gasteiger partial charge in [0.05, 0.1) is 26.6 Å². The third-order valence-electron chi connectivity index (χ3n) is 3.19. The Morgan fingerprint density at radius 1 is 1.27 bits per heavy atom. The fraction of sp³-hybridized carbons (Fsp3) is 0.188. The van der Waals surface area contributed by atoms with Gasteiger partial charge in [0, 0.05) is 25.4 Å². The van der Waals surface area contributed by atoms with E-state index < -0.39 is 38.6 Å². The molecule has 1 aromatic heterocycles. The molecule has 10 heteroatoms. The van der Waals surface area contributed by atoms with Crippen LogP contribution in [0.5, 0.6) is 5.75 Å². The molecule has 0 spiro atoms. The number of pyridine rings is 1. The standard InChI is InChI=1S/C16H15N3O6S/c1-11(20)25-14-7-5-6-13(19(22)23)12(14)10-15(21)18-26(2,24)16-8-3-4-9-17-16/h3-9H,10H2,1-2H3. The maximum Gasteiger partial charge on any atom is 0.308 e. The van der Waals surface area contributed by atoms with Crippen molar-refractivity contribution >= 4 is 27.3 Å². The minimum Gasteiger partial charge on any atom is -0.426 e. The summed E-state index contributed by atoms with van der Waals surface area (Å²) in [6, 6.07) is 8.54. The monoisotopic (exact) mass is 377 g/mol. The van der Waals surface area contributed by atoms with Crippen molar-refractivity contribution in [2.24, 2.45) is 4.36 Å². The lowest BCUT2D eigenvalue weighted by molar-refractivity contribution is -0.385. The van der Waals surface area contributed by atoms with Crippen molar-refractivity contribution in [3.8, 4) is 5.75 Å². The van der Waals surface area contributed by atoms with Gasteiger partial charge in [-0.3, -0.25) is 19.7 Å². The van der Waals surface area contributed by atoms with Gasteiger partial charge in [0.25, 0.3) is 11.6 Å². The molecule has 1 unspecified atom stereocenters. The van der Waals surface area contributed by atoms with Gasteiger partial charge in [0.2, 0.25) is 0 Å². The largest absolute Gasteiger partial charge is 0.426 e. The summed E-state index contributed by atoms with van der Waals surface area (Å²) in [5, 5.41) is 11.3. The number of rotatable bonds is 5. The molecule has 0 saturated carbocycles. The molecule has 0 aliphatic heterocycles. The van der Waals surface area contributed by atoms with E-state index >= 15 is 0 Å². The predicted molar refractivity (Wildman–Crippen MR) is 92.1 cm³/mol. The molecule has 0 N–H and O–H groups in total. The van der Waals surface area contributed by atoms with E-state index in [9.17, 15) is 23.9 Å². The van der Waals surface area contributed by atoms with E-state index in [2.05, 4.69) is 9.35 Å². The fourth-order valence-corrected chi connectivity index (χ4v) is 3.28. The lowest BCUT2D eigenvalue weighted by atomic mass is 10.1. The van der Waals surface area contributed by atoms with Crippen LogP contribution in [0.3, 0.4) is 0 Å². The fourth-order valence-electron chi connectivity index (χ4n) is 2.15. The Hall–Kier alpha value is -3.14. The Labute approximate surface area is 149 Å². The zero-order valence-electron chi connectivity index (χ0n) is 13.9. The Balaban J connectivity index is 2.42. The van der Waals surface area contributed by atoms with Crippen molar-refractivity contribution in [1.82, 2.24) is 4.98 Å². The van der Waals surface area contributed by atoms with Gasteiger partial charge in [0.15, 0.2) is 0 Å².